The Morgan fingerprint density at radius 2 is 1.80 bits per heavy atom. The number of anilines is 1. The quantitative estimate of drug-likeness (QED) is 0.810. The van der Waals surface area contributed by atoms with Gasteiger partial charge < -0.3 is 24.4 Å². The van der Waals surface area contributed by atoms with Crippen molar-refractivity contribution in [2.45, 2.75) is 19.8 Å². The Labute approximate surface area is 176 Å². The number of morpholine rings is 1. The second-order valence-corrected chi connectivity index (χ2v) is 7.84. The van der Waals surface area contributed by atoms with E-state index in [0.29, 0.717) is 55.9 Å². The van der Waals surface area contributed by atoms with E-state index < -0.39 is 0 Å². The van der Waals surface area contributed by atoms with Crippen LogP contribution in [0.5, 0.6) is 0 Å². The first kappa shape index (κ1) is 20.4. The van der Waals surface area contributed by atoms with Crippen molar-refractivity contribution in [3.8, 4) is 11.3 Å². The van der Waals surface area contributed by atoms with Crippen molar-refractivity contribution in [1.82, 2.24) is 15.4 Å². The van der Waals surface area contributed by atoms with Crippen LogP contribution in [0.1, 0.15) is 30.1 Å². The van der Waals surface area contributed by atoms with Gasteiger partial charge >= 0.3 is 0 Å². The molecule has 1 aromatic heterocycles. The first-order valence-corrected chi connectivity index (χ1v) is 10.5. The smallest absolute Gasteiger partial charge is 0.259 e. The van der Waals surface area contributed by atoms with Crippen LogP contribution in [0.25, 0.3) is 11.3 Å². The highest BCUT2D eigenvalue weighted by atomic mass is 16.5. The predicted octanol–water partition coefficient (Wildman–Crippen LogP) is 2.17. The van der Waals surface area contributed by atoms with Crippen molar-refractivity contribution >= 4 is 17.6 Å². The summed E-state index contributed by atoms with van der Waals surface area (Å²) in [7, 11) is 0. The van der Waals surface area contributed by atoms with Gasteiger partial charge in [0.15, 0.2) is 11.6 Å². The summed E-state index contributed by atoms with van der Waals surface area (Å²) in [5.74, 6) is 1.36. The molecule has 0 aliphatic carbocycles. The normalized spacial score (nSPS) is 17.8. The van der Waals surface area contributed by atoms with E-state index in [1.54, 1.807) is 6.92 Å². The molecule has 1 aromatic carbocycles. The molecule has 2 amide bonds. The zero-order chi connectivity index (χ0) is 20.9. The minimum Gasteiger partial charge on any atom is -0.378 e. The minimum absolute atomic E-state index is 0.115. The monoisotopic (exact) mass is 412 g/mol. The van der Waals surface area contributed by atoms with Crippen molar-refractivity contribution < 1.29 is 18.8 Å². The Morgan fingerprint density at radius 3 is 2.47 bits per heavy atom. The first-order valence-electron chi connectivity index (χ1n) is 10.5. The number of rotatable bonds is 5. The lowest BCUT2D eigenvalue weighted by Gasteiger charge is -2.31. The number of nitrogens with one attached hydrogen (secondary N) is 1. The highest BCUT2D eigenvalue weighted by Gasteiger charge is 2.29. The highest BCUT2D eigenvalue weighted by Crippen LogP contribution is 2.32. The lowest BCUT2D eigenvalue weighted by atomic mass is 9.96. The molecule has 8 heteroatoms. The number of nitrogens with zero attached hydrogens (tertiary/aromatic N) is 3. The van der Waals surface area contributed by atoms with Crippen LogP contribution >= 0.6 is 0 Å². The number of aromatic nitrogens is 1. The van der Waals surface area contributed by atoms with Gasteiger partial charge in [-0.15, -0.1) is 0 Å². The number of piperidine rings is 1. The Hall–Kier alpha value is -2.87. The number of benzene rings is 1. The molecule has 2 aromatic rings. The third-order valence-corrected chi connectivity index (χ3v) is 5.86. The number of hydrogen-bond donors (Lipinski definition) is 1. The number of hydrogen-bond acceptors (Lipinski definition) is 6. The molecule has 0 unspecified atom stereocenters. The summed E-state index contributed by atoms with van der Waals surface area (Å²) in [6, 6.07) is 9.58. The molecule has 3 heterocycles. The van der Waals surface area contributed by atoms with E-state index in [0.717, 1.165) is 31.5 Å². The number of ether oxygens (including phenoxy) is 1. The summed E-state index contributed by atoms with van der Waals surface area (Å²) in [6.07, 6.45) is 1.79. The molecule has 0 saturated carbocycles. The molecular weight excluding hydrogens is 384 g/mol. The molecule has 0 radical (unpaired) electrons. The van der Waals surface area contributed by atoms with Gasteiger partial charge in [-0.2, -0.15) is 0 Å². The molecule has 30 heavy (non-hydrogen) atoms. The van der Waals surface area contributed by atoms with Crippen LogP contribution in [-0.2, 0) is 9.53 Å². The van der Waals surface area contributed by atoms with Gasteiger partial charge in [0, 0.05) is 45.2 Å². The van der Waals surface area contributed by atoms with E-state index in [1.807, 2.05) is 40.1 Å². The van der Waals surface area contributed by atoms with Gasteiger partial charge in [-0.05, 0) is 18.8 Å². The summed E-state index contributed by atoms with van der Waals surface area (Å²) < 4.78 is 11.1. The molecule has 2 fully saturated rings. The van der Waals surface area contributed by atoms with Gasteiger partial charge in [0.25, 0.3) is 5.91 Å². The van der Waals surface area contributed by atoms with Gasteiger partial charge in [-0.3, -0.25) is 9.59 Å². The number of amides is 2. The molecule has 0 spiro atoms. The van der Waals surface area contributed by atoms with Crippen LogP contribution in [0, 0.1) is 5.92 Å². The van der Waals surface area contributed by atoms with Gasteiger partial charge in [-0.1, -0.05) is 35.5 Å². The summed E-state index contributed by atoms with van der Waals surface area (Å²) in [5, 5.41) is 7.34. The standard InChI is InChI=1S/C22H28N4O4/c1-16(27)25-9-7-17(8-10-25)15-23-22(28)19-20(18-5-3-2-4-6-18)30-24-21(19)26-11-13-29-14-12-26/h2-6,17H,7-15H2,1H3,(H,23,28). The predicted molar refractivity (Wildman–Crippen MR) is 112 cm³/mol. The summed E-state index contributed by atoms with van der Waals surface area (Å²) in [5.41, 5.74) is 1.30. The Morgan fingerprint density at radius 1 is 1.10 bits per heavy atom. The molecule has 2 aliphatic heterocycles. The highest BCUT2D eigenvalue weighted by molar-refractivity contribution is 6.04. The fraction of sp³-hybridized carbons (Fsp3) is 0.500. The van der Waals surface area contributed by atoms with E-state index >= 15 is 0 Å². The first-order chi connectivity index (χ1) is 14.6. The largest absolute Gasteiger partial charge is 0.378 e. The summed E-state index contributed by atoms with van der Waals surface area (Å²) >= 11 is 0. The van der Waals surface area contributed by atoms with E-state index in [2.05, 4.69) is 10.5 Å². The SMILES string of the molecule is CC(=O)N1CCC(CNC(=O)c2c(N3CCOCC3)noc2-c2ccccc2)CC1. The van der Waals surface area contributed by atoms with E-state index in [1.165, 1.54) is 0 Å². The van der Waals surface area contributed by atoms with Crippen molar-refractivity contribution in [3.05, 3.63) is 35.9 Å². The molecule has 2 saturated heterocycles. The molecule has 0 atom stereocenters. The zero-order valence-electron chi connectivity index (χ0n) is 17.3. The topological polar surface area (TPSA) is 87.9 Å². The molecule has 8 nitrogen and oxygen atoms in total. The Balaban J connectivity index is 1.50. The van der Waals surface area contributed by atoms with Gasteiger partial charge in [0.05, 0.1) is 13.2 Å². The van der Waals surface area contributed by atoms with Crippen molar-refractivity contribution in [3.63, 3.8) is 0 Å². The minimum atomic E-state index is -0.175. The molecular formula is C22H28N4O4. The molecule has 4 rings (SSSR count). The van der Waals surface area contributed by atoms with Crippen LogP contribution in [0.2, 0.25) is 0 Å². The maximum Gasteiger partial charge on any atom is 0.259 e. The number of carbonyl (C=O) groups excluding carboxylic acids is 2. The fourth-order valence-corrected chi connectivity index (χ4v) is 4.04. The fourth-order valence-electron chi connectivity index (χ4n) is 4.04. The second-order valence-electron chi connectivity index (χ2n) is 7.84. The second kappa shape index (κ2) is 9.30. The summed E-state index contributed by atoms with van der Waals surface area (Å²) in [6.45, 7) is 6.22. The van der Waals surface area contributed by atoms with Crippen molar-refractivity contribution in [1.29, 1.82) is 0 Å². The molecule has 160 valence electrons. The average molecular weight is 412 g/mol. The molecule has 1 N–H and O–H groups in total. The number of likely N-dealkylation sites (tertiary alicyclic amines) is 1. The Kier molecular flexibility index (Phi) is 6.32. The average Bonchev–Trinajstić information content (AvgIpc) is 3.24. The third kappa shape index (κ3) is 4.48. The maximum absolute atomic E-state index is 13.2. The summed E-state index contributed by atoms with van der Waals surface area (Å²) in [4.78, 5) is 28.7. The van der Waals surface area contributed by atoms with E-state index in [9.17, 15) is 9.59 Å². The van der Waals surface area contributed by atoms with Crippen LogP contribution in [0.15, 0.2) is 34.9 Å². The van der Waals surface area contributed by atoms with Gasteiger partial charge in [0.1, 0.15) is 5.56 Å². The van der Waals surface area contributed by atoms with E-state index in [4.69, 9.17) is 9.26 Å². The zero-order valence-corrected chi connectivity index (χ0v) is 17.3. The molecule has 0 bridgehead atoms. The van der Waals surface area contributed by atoms with Crippen LogP contribution in [0.3, 0.4) is 0 Å². The Bertz CT molecular complexity index is 869. The van der Waals surface area contributed by atoms with Gasteiger partial charge in [0.2, 0.25) is 5.91 Å². The van der Waals surface area contributed by atoms with Crippen LogP contribution in [-0.4, -0.2) is 67.8 Å². The van der Waals surface area contributed by atoms with Crippen molar-refractivity contribution in [2.75, 3.05) is 50.8 Å². The maximum atomic E-state index is 13.2. The third-order valence-electron chi connectivity index (χ3n) is 5.86. The lowest BCUT2D eigenvalue weighted by molar-refractivity contribution is -0.130. The molecule has 2 aliphatic rings. The van der Waals surface area contributed by atoms with Gasteiger partial charge in [-0.25, -0.2) is 0 Å². The van der Waals surface area contributed by atoms with Crippen molar-refractivity contribution in [2.24, 2.45) is 5.92 Å². The number of carbonyl (C=O) groups is 2. The lowest BCUT2D eigenvalue weighted by Crippen LogP contribution is -2.41. The van der Waals surface area contributed by atoms with Crippen LogP contribution < -0.4 is 10.2 Å². The van der Waals surface area contributed by atoms with Crippen LogP contribution in [0.4, 0.5) is 5.82 Å². The van der Waals surface area contributed by atoms with E-state index in [-0.39, 0.29) is 11.8 Å².